The number of nitrogens with one attached hydrogen (secondary N) is 2. The van der Waals surface area contributed by atoms with E-state index in [1.807, 2.05) is 18.2 Å². The Bertz CT molecular complexity index is 464. The van der Waals surface area contributed by atoms with Gasteiger partial charge in [-0.05, 0) is 18.2 Å². The summed E-state index contributed by atoms with van der Waals surface area (Å²) in [6.07, 6.45) is 0.425. The molecule has 1 heterocycles. The van der Waals surface area contributed by atoms with Gasteiger partial charge in [-0.2, -0.15) is 0 Å². The van der Waals surface area contributed by atoms with Crippen molar-refractivity contribution in [3.63, 3.8) is 0 Å². The lowest BCUT2D eigenvalue weighted by molar-refractivity contribution is -0.115. The van der Waals surface area contributed by atoms with E-state index < -0.39 is 0 Å². The molecule has 0 unspecified atom stereocenters. The monoisotopic (exact) mass is 311 g/mol. The van der Waals surface area contributed by atoms with E-state index in [1.165, 1.54) is 0 Å². The zero-order valence-electron chi connectivity index (χ0n) is 9.78. The maximum absolute atomic E-state index is 11.5. The molecule has 0 radical (unpaired) electrons. The van der Waals surface area contributed by atoms with Crippen molar-refractivity contribution in [1.82, 2.24) is 5.32 Å². The quantitative estimate of drug-likeness (QED) is 0.835. The molecule has 1 aliphatic rings. The SMILES string of the molecule is O=C(CCBr)Nc1cccc(N2CCNC2=O)c1. The third-order valence-corrected chi connectivity index (χ3v) is 3.02. The van der Waals surface area contributed by atoms with E-state index in [0.717, 1.165) is 5.69 Å². The highest BCUT2D eigenvalue weighted by Gasteiger charge is 2.21. The van der Waals surface area contributed by atoms with Crippen LogP contribution < -0.4 is 15.5 Å². The van der Waals surface area contributed by atoms with E-state index >= 15 is 0 Å². The minimum absolute atomic E-state index is 0.0464. The molecule has 1 aliphatic heterocycles. The Morgan fingerprint density at radius 1 is 1.50 bits per heavy atom. The summed E-state index contributed by atoms with van der Waals surface area (Å²) >= 11 is 3.22. The van der Waals surface area contributed by atoms with Crippen LogP contribution in [0.2, 0.25) is 0 Å². The van der Waals surface area contributed by atoms with Crippen LogP contribution >= 0.6 is 15.9 Å². The van der Waals surface area contributed by atoms with Crippen molar-refractivity contribution in [3.05, 3.63) is 24.3 Å². The third-order valence-electron chi connectivity index (χ3n) is 2.62. The average Bonchev–Trinajstić information content (AvgIpc) is 2.76. The van der Waals surface area contributed by atoms with Crippen LogP contribution in [0.5, 0.6) is 0 Å². The summed E-state index contributed by atoms with van der Waals surface area (Å²) in [7, 11) is 0. The van der Waals surface area contributed by atoms with E-state index in [2.05, 4.69) is 26.6 Å². The fourth-order valence-electron chi connectivity index (χ4n) is 1.78. The van der Waals surface area contributed by atoms with Crippen LogP contribution in [-0.2, 0) is 4.79 Å². The Labute approximate surface area is 114 Å². The molecule has 0 spiro atoms. The number of anilines is 2. The van der Waals surface area contributed by atoms with Gasteiger partial charge in [-0.1, -0.05) is 22.0 Å². The van der Waals surface area contributed by atoms with Gasteiger partial charge in [-0.15, -0.1) is 0 Å². The normalized spacial score (nSPS) is 14.5. The molecule has 1 aromatic rings. The second-order valence-electron chi connectivity index (χ2n) is 3.92. The van der Waals surface area contributed by atoms with Gasteiger partial charge in [-0.25, -0.2) is 4.79 Å². The predicted octanol–water partition coefficient (Wildman–Crippen LogP) is 1.94. The van der Waals surface area contributed by atoms with Crippen molar-refractivity contribution in [2.45, 2.75) is 6.42 Å². The molecule has 6 heteroatoms. The molecule has 2 N–H and O–H groups in total. The second kappa shape index (κ2) is 5.86. The maximum Gasteiger partial charge on any atom is 0.321 e. The molecule has 0 bridgehead atoms. The highest BCUT2D eigenvalue weighted by Crippen LogP contribution is 2.21. The molecule has 2 rings (SSSR count). The van der Waals surface area contributed by atoms with Crippen LogP contribution in [0.25, 0.3) is 0 Å². The number of carbonyl (C=O) groups is 2. The molecular formula is C12H14BrN3O2. The smallest absolute Gasteiger partial charge is 0.321 e. The standard InChI is InChI=1S/C12H14BrN3O2/c13-5-4-11(17)15-9-2-1-3-10(8-9)16-7-6-14-12(16)18/h1-3,8H,4-7H2,(H,14,18)(H,15,17). The Morgan fingerprint density at radius 3 is 3.00 bits per heavy atom. The van der Waals surface area contributed by atoms with E-state index in [1.54, 1.807) is 11.0 Å². The lowest BCUT2D eigenvalue weighted by atomic mass is 10.2. The van der Waals surface area contributed by atoms with Crippen molar-refractivity contribution >= 4 is 39.2 Å². The molecule has 96 valence electrons. The molecule has 1 aromatic carbocycles. The van der Waals surface area contributed by atoms with Gasteiger partial charge < -0.3 is 10.6 Å². The molecule has 5 nitrogen and oxygen atoms in total. The van der Waals surface area contributed by atoms with Gasteiger partial charge in [0.1, 0.15) is 0 Å². The number of rotatable bonds is 4. The lowest BCUT2D eigenvalue weighted by Crippen LogP contribution is -2.27. The highest BCUT2D eigenvalue weighted by atomic mass is 79.9. The summed E-state index contributed by atoms with van der Waals surface area (Å²) in [6.45, 7) is 1.30. The molecule has 0 saturated carbocycles. The summed E-state index contributed by atoms with van der Waals surface area (Å²) in [5, 5.41) is 6.17. The number of nitrogens with zero attached hydrogens (tertiary/aromatic N) is 1. The van der Waals surface area contributed by atoms with Crippen LogP contribution in [0, 0.1) is 0 Å². The van der Waals surface area contributed by atoms with Gasteiger partial charge in [0.05, 0.1) is 0 Å². The topological polar surface area (TPSA) is 61.4 Å². The number of halogens is 1. The van der Waals surface area contributed by atoms with Gasteiger partial charge in [0, 0.05) is 36.2 Å². The van der Waals surface area contributed by atoms with E-state index in [0.29, 0.717) is 30.5 Å². The summed E-state index contributed by atoms with van der Waals surface area (Å²) in [5.74, 6) is -0.0464. The van der Waals surface area contributed by atoms with Gasteiger partial charge in [-0.3, -0.25) is 9.69 Å². The Kier molecular flexibility index (Phi) is 4.19. The van der Waals surface area contributed by atoms with Crippen LogP contribution in [0.15, 0.2) is 24.3 Å². The minimum atomic E-state index is -0.0982. The molecule has 3 amide bonds. The van der Waals surface area contributed by atoms with Crippen LogP contribution in [0.1, 0.15) is 6.42 Å². The van der Waals surface area contributed by atoms with E-state index in [9.17, 15) is 9.59 Å². The first kappa shape index (κ1) is 12.9. The number of benzene rings is 1. The largest absolute Gasteiger partial charge is 0.336 e. The first-order valence-electron chi connectivity index (χ1n) is 5.72. The molecule has 0 aromatic heterocycles. The van der Waals surface area contributed by atoms with Crippen molar-refractivity contribution in [2.24, 2.45) is 0 Å². The molecule has 0 aliphatic carbocycles. The number of amides is 3. The van der Waals surface area contributed by atoms with Gasteiger partial charge in [0.25, 0.3) is 0 Å². The van der Waals surface area contributed by atoms with Crippen molar-refractivity contribution < 1.29 is 9.59 Å². The number of hydrogen-bond acceptors (Lipinski definition) is 2. The van der Waals surface area contributed by atoms with Gasteiger partial charge in [0.15, 0.2) is 0 Å². The first-order valence-corrected chi connectivity index (χ1v) is 6.84. The number of hydrogen-bond donors (Lipinski definition) is 2. The lowest BCUT2D eigenvalue weighted by Gasteiger charge is -2.15. The summed E-state index contributed by atoms with van der Waals surface area (Å²) in [6, 6.07) is 7.19. The Balaban J connectivity index is 2.10. The molecule has 1 saturated heterocycles. The van der Waals surface area contributed by atoms with E-state index in [4.69, 9.17) is 0 Å². The zero-order chi connectivity index (χ0) is 13.0. The number of alkyl halides is 1. The average molecular weight is 312 g/mol. The zero-order valence-corrected chi connectivity index (χ0v) is 11.4. The molecule has 0 atom stereocenters. The second-order valence-corrected chi connectivity index (χ2v) is 4.71. The molecule has 1 fully saturated rings. The highest BCUT2D eigenvalue weighted by molar-refractivity contribution is 9.09. The van der Waals surface area contributed by atoms with Crippen molar-refractivity contribution in [3.8, 4) is 0 Å². The fourth-order valence-corrected chi connectivity index (χ4v) is 2.14. The first-order chi connectivity index (χ1) is 8.70. The molecule has 18 heavy (non-hydrogen) atoms. The van der Waals surface area contributed by atoms with Gasteiger partial charge >= 0.3 is 6.03 Å². The molecular weight excluding hydrogens is 298 g/mol. The van der Waals surface area contributed by atoms with Crippen LogP contribution in [-0.4, -0.2) is 30.4 Å². The number of urea groups is 1. The minimum Gasteiger partial charge on any atom is -0.336 e. The predicted molar refractivity (Wildman–Crippen MR) is 74.2 cm³/mol. The summed E-state index contributed by atoms with van der Waals surface area (Å²) in [5.41, 5.74) is 1.50. The maximum atomic E-state index is 11.5. The summed E-state index contributed by atoms with van der Waals surface area (Å²) < 4.78 is 0. The van der Waals surface area contributed by atoms with E-state index in [-0.39, 0.29) is 11.9 Å². The van der Waals surface area contributed by atoms with Gasteiger partial charge in [0.2, 0.25) is 5.91 Å². The van der Waals surface area contributed by atoms with Crippen LogP contribution in [0.4, 0.5) is 16.2 Å². The Hall–Kier alpha value is -1.56. The fraction of sp³-hybridized carbons (Fsp3) is 0.333. The van der Waals surface area contributed by atoms with Crippen molar-refractivity contribution in [2.75, 3.05) is 28.6 Å². The summed E-state index contributed by atoms with van der Waals surface area (Å²) in [4.78, 5) is 24.7. The Morgan fingerprint density at radius 2 is 2.33 bits per heavy atom. The van der Waals surface area contributed by atoms with Crippen molar-refractivity contribution in [1.29, 1.82) is 0 Å². The number of carbonyl (C=O) groups excluding carboxylic acids is 2. The van der Waals surface area contributed by atoms with Crippen LogP contribution in [0.3, 0.4) is 0 Å². The third kappa shape index (κ3) is 3.01.